The Labute approximate surface area is 151 Å². The van der Waals surface area contributed by atoms with Crippen LogP contribution in [0.3, 0.4) is 0 Å². The molecule has 0 N–H and O–H groups in total. The van der Waals surface area contributed by atoms with Crippen LogP contribution >= 0.6 is 0 Å². The fraction of sp³-hybridized carbons (Fsp3) is 0.500. The summed E-state index contributed by atoms with van der Waals surface area (Å²) < 4.78 is 6.34. The van der Waals surface area contributed by atoms with Crippen LogP contribution in [-0.2, 0) is 12.0 Å². The largest absolute Gasteiger partial charge is 0.489 e. The molecule has 4 aliphatic carbocycles. The third-order valence-corrected chi connectivity index (χ3v) is 7.54. The van der Waals surface area contributed by atoms with Gasteiger partial charge >= 0.3 is 0 Å². The van der Waals surface area contributed by atoms with Gasteiger partial charge < -0.3 is 4.74 Å². The first-order valence-corrected chi connectivity index (χ1v) is 9.99. The zero-order valence-electron chi connectivity index (χ0n) is 15.2. The molecule has 4 saturated carbocycles. The summed E-state index contributed by atoms with van der Waals surface area (Å²) in [5, 5.41) is 0. The van der Waals surface area contributed by atoms with Gasteiger partial charge in [0.25, 0.3) is 0 Å². The molecule has 130 valence electrons. The highest BCUT2D eigenvalue weighted by Gasteiger charge is 2.56. The molecule has 0 amide bonds. The van der Waals surface area contributed by atoms with Crippen molar-refractivity contribution in [1.29, 1.82) is 0 Å². The average molecular weight is 332 g/mol. The van der Waals surface area contributed by atoms with Gasteiger partial charge in [-0.3, -0.25) is 0 Å². The molecule has 2 aromatic carbocycles. The summed E-state index contributed by atoms with van der Waals surface area (Å²) in [6, 6.07) is 19.4. The number of hydrogen-bond acceptors (Lipinski definition) is 1. The van der Waals surface area contributed by atoms with Gasteiger partial charge in [-0.2, -0.15) is 0 Å². The predicted octanol–water partition coefficient (Wildman–Crippen LogP) is 5.98. The SMILES string of the molecule is CC1(c2ccccc2OCc2ccccc2)C2CC3CC(C2)CC1C3. The summed E-state index contributed by atoms with van der Waals surface area (Å²) in [6.45, 7) is 3.21. The van der Waals surface area contributed by atoms with Crippen LogP contribution in [-0.4, -0.2) is 0 Å². The maximum absolute atomic E-state index is 6.34. The van der Waals surface area contributed by atoms with Crippen molar-refractivity contribution in [2.45, 2.75) is 51.0 Å². The van der Waals surface area contributed by atoms with Gasteiger partial charge in [0.15, 0.2) is 0 Å². The molecular formula is C24H28O. The van der Waals surface area contributed by atoms with Crippen LogP contribution in [0.1, 0.15) is 50.2 Å². The zero-order valence-corrected chi connectivity index (χ0v) is 15.2. The molecular weight excluding hydrogens is 304 g/mol. The number of ether oxygens (including phenoxy) is 1. The summed E-state index contributed by atoms with van der Waals surface area (Å²) in [5.74, 6) is 4.83. The van der Waals surface area contributed by atoms with Gasteiger partial charge in [-0.25, -0.2) is 0 Å². The Hall–Kier alpha value is -1.76. The van der Waals surface area contributed by atoms with Crippen molar-refractivity contribution in [3.05, 3.63) is 65.7 Å². The molecule has 0 saturated heterocycles. The lowest BCUT2D eigenvalue weighted by molar-refractivity contribution is -0.0533. The van der Waals surface area contributed by atoms with Gasteiger partial charge in [-0.05, 0) is 67.4 Å². The maximum atomic E-state index is 6.34. The molecule has 25 heavy (non-hydrogen) atoms. The standard InChI is InChI=1S/C24H28O/c1-24(20-12-18-11-19(14-20)15-21(24)13-18)22-9-5-6-10-23(22)25-16-17-7-3-2-4-8-17/h2-10,18-21H,11-16H2,1H3. The number of para-hydroxylation sites is 1. The second-order valence-corrected chi connectivity index (χ2v) is 8.86. The van der Waals surface area contributed by atoms with E-state index in [9.17, 15) is 0 Å². The lowest BCUT2D eigenvalue weighted by Crippen LogP contribution is -2.54. The molecule has 2 aromatic rings. The third-order valence-electron chi connectivity index (χ3n) is 7.54. The van der Waals surface area contributed by atoms with Crippen LogP contribution < -0.4 is 4.74 Å². The van der Waals surface area contributed by atoms with Crippen molar-refractivity contribution >= 4 is 0 Å². The van der Waals surface area contributed by atoms with Crippen molar-refractivity contribution in [3.63, 3.8) is 0 Å². The fourth-order valence-corrected chi connectivity index (χ4v) is 6.38. The van der Waals surface area contributed by atoms with Gasteiger partial charge in [0.05, 0.1) is 0 Å². The zero-order chi connectivity index (χ0) is 16.9. The smallest absolute Gasteiger partial charge is 0.123 e. The van der Waals surface area contributed by atoms with E-state index in [1.165, 1.54) is 43.2 Å². The molecule has 0 radical (unpaired) electrons. The minimum Gasteiger partial charge on any atom is -0.489 e. The maximum Gasteiger partial charge on any atom is 0.123 e. The first kappa shape index (κ1) is 15.5. The summed E-state index contributed by atoms with van der Waals surface area (Å²) in [5.41, 5.74) is 3.02. The van der Waals surface area contributed by atoms with E-state index < -0.39 is 0 Å². The van der Waals surface area contributed by atoms with E-state index in [4.69, 9.17) is 4.74 Å². The molecule has 6 rings (SSSR count). The normalized spacial score (nSPS) is 35.7. The van der Waals surface area contributed by atoms with E-state index in [0.29, 0.717) is 12.0 Å². The van der Waals surface area contributed by atoms with Crippen LogP contribution in [0.2, 0.25) is 0 Å². The quantitative estimate of drug-likeness (QED) is 0.669. The minimum atomic E-state index is 0.306. The molecule has 1 heteroatoms. The average Bonchev–Trinajstić information content (AvgIpc) is 2.65. The summed E-state index contributed by atoms with van der Waals surface area (Å²) in [4.78, 5) is 0. The van der Waals surface area contributed by atoms with Crippen molar-refractivity contribution in [1.82, 2.24) is 0 Å². The van der Waals surface area contributed by atoms with Gasteiger partial charge in [-0.1, -0.05) is 55.5 Å². The summed E-state index contributed by atoms with van der Waals surface area (Å²) in [7, 11) is 0. The van der Waals surface area contributed by atoms with Crippen molar-refractivity contribution in [2.75, 3.05) is 0 Å². The van der Waals surface area contributed by atoms with Crippen molar-refractivity contribution < 1.29 is 4.74 Å². The molecule has 0 aliphatic heterocycles. The molecule has 4 aliphatic rings. The molecule has 0 atom stereocenters. The topological polar surface area (TPSA) is 9.23 Å². The minimum absolute atomic E-state index is 0.306. The molecule has 0 spiro atoms. The van der Waals surface area contributed by atoms with Gasteiger partial charge in [0.2, 0.25) is 0 Å². The van der Waals surface area contributed by atoms with Gasteiger partial charge in [0.1, 0.15) is 12.4 Å². The Kier molecular flexibility index (Phi) is 3.66. The van der Waals surface area contributed by atoms with Crippen molar-refractivity contribution in [3.8, 4) is 5.75 Å². The van der Waals surface area contributed by atoms with Gasteiger partial charge in [0, 0.05) is 11.0 Å². The van der Waals surface area contributed by atoms with Crippen molar-refractivity contribution in [2.24, 2.45) is 23.7 Å². The first-order valence-electron chi connectivity index (χ1n) is 9.99. The molecule has 4 fully saturated rings. The Bertz CT molecular complexity index is 720. The monoisotopic (exact) mass is 332 g/mol. The Morgan fingerprint density at radius 3 is 2.08 bits per heavy atom. The molecule has 0 unspecified atom stereocenters. The lowest BCUT2D eigenvalue weighted by Gasteiger charge is -2.60. The molecule has 1 nitrogen and oxygen atoms in total. The van der Waals surface area contributed by atoms with E-state index in [2.05, 4.69) is 61.5 Å². The number of hydrogen-bond donors (Lipinski definition) is 0. The fourth-order valence-electron chi connectivity index (χ4n) is 6.38. The molecule has 0 heterocycles. The number of rotatable bonds is 4. The van der Waals surface area contributed by atoms with Crippen LogP contribution in [0.5, 0.6) is 5.75 Å². The highest BCUT2D eigenvalue weighted by molar-refractivity contribution is 5.42. The summed E-state index contributed by atoms with van der Waals surface area (Å²) >= 11 is 0. The van der Waals surface area contributed by atoms with E-state index in [-0.39, 0.29) is 0 Å². The Balaban J connectivity index is 1.46. The highest BCUT2D eigenvalue weighted by Crippen LogP contribution is 2.63. The van der Waals surface area contributed by atoms with Crippen LogP contribution in [0, 0.1) is 23.7 Å². The Morgan fingerprint density at radius 2 is 1.40 bits per heavy atom. The molecule has 0 aromatic heterocycles. The van der Waals surface area contributed by atoms with E-state index in [1.54, 1.807) is 0 Å². The van der Waals surface area contributed by atoms with E-state index in [1.807, 2.05) is 0 Å². The third kappa shape index (κ3) is 2.51. The molecule has 4 bridgehead atoms. The lowest BCUT2D eigenvalue weighted by atomic mass is 9.44. The first-order chi connectivity index (χ1) is 12.2. The number of benzene rings is 2. The van der Waals surface area contributed by atoms with Crippen LogP contribution in [0.25, 0.3) is 0 Å². The van der Waals surface area contributed by atoms with Crippen LogP contribution in [0.15, 0.2) is 54.6 Å². The predicted molar refractivity (Wildman–Crippen MR) is 102 cm³/mol. The van der Waals surface area contributed by atoms with E-state index >= 15 is 0 Å². The highest BCUT2D eigenvalue weighted by atomic mass is 16.5. The van der Waals surface area contributed by atoms with E-state index in [0.717, 1.165) is 29.4 Å². The Morgan fingerprint density at radius 1 is 0.800 bits per heavy atom. The van der Waals surface area contributed by atoms with Crippen LogP contribution in [0.4, 0.5) is 0 Å². The summed E-state index contributed by atoms with van der Waals surface area (Å²) in [6.07, 6.45) is 7.27. The second kappa shape index (κ2) is 5.90. The van der Waals surface area contributed by atoms with Gasteiger partial charge in [-0.15, -0.1) is 0 Å². The second-order valence-electron chi connectivity index (χ2n) is 8.86.